The lowest BCUT2D eigenvalue weighted by atomic mass is 10.1. The van der Waals surface area contributed by atoms with E-state index < -0.39 is 0 Å². The Morgan fingerprint density at radius 2 is 2.05 bits per heavy atom. The molecule has 5 nitrogen and oxygen atoms in total. The van der Waals surface area contributed by atoms with Crippen LogP contribution in [0, 0.1) is 0 Å². The fourth-order valence-electron chi connectivity index (χ4n) is 2.10. The van der Waals surface area contributed by atoms with Crippen LogP contribution in [-0.4, -0.2) is 25.0 Å². The fourth-order valence-corrected chi connectivity index (χ4v) is 2.10. The summed E-state index contributed by atoms with van der Waals surface area (Å²) < 4.78 is 10.2. The SMILES string of the molecule is CCOC(=O)CCC(=O)NCCc1coc2ccccc12. The summed E-state index contributed by atoms with van der Waals surface area (Å²) in [6.45, 7) is 2.60. The summed E-state index contributed by atoms with van der Waals surface area (Å²) in [5.74, 6) is -0.482. The normalized spacial score (nSPS) is 10.5. The molecule has 0 saturated heterocycles. The topological polar surface area (TPSA) is 68.5 Å². The number of esters is 1. The maximum absolute atomic E-state index is 11.6. The number of carbonyl (C=O) groups excluding carboxylic acids is 2. The second-order valence-electron chi connectivity index (χ2n) is 4.66. The summed E-state index contributed by atoms with van der Waals surface area (Å²) in [5.41, 5.74) is 1.91. The highest BCUT2D eigenvalue weighted by molar-refractivity contribution is 5.82. The first kappa shape index (κ1) is 15.1. The molecule has 0 saturated carbocycles. The number of furan rings is 1. The van der Waals surface area contributed by atoms with Gasteiger partial charge in [-0.3, -0.25) is 9.59 Å². The molecule has 112 valence electrons. The van der Waals surface area contributed by atoms with Gasteiger partial charge in [-0.05, 0) is 25.0 Å². The fraction of sp³-hybridized carbons (Fsp3) is 0.375. The van der Waals surface area contributed by atoms with E-state index in [1.807, 2.05) is 24.3 Å². The number of carbonyl (C=O) groups is 2. The molecule has 0 aliphatic rings. The van der Waals surface area contributed by atoms with Crippen LogP contribution in [0.25, 0.3) is 11.0 Å². The van der Waals surface area contributed by atoms with Gasteiger partial charge in [-0.2, -0.15) is 0 Å². The molecule has 1 aromatic carbocycles. The number of nitrogens with one attached hydrogen (secondary N) is 1. The Morgan fingerprint density at radius 1 is 1.24 bits per heavy atom. The zero-order chi connectivity index (χ0) is 15.1. The lowest BCUT2D eigenvalue weighted by molar-refractivity contribution is -0.144. The van der Waals surface area contributed by atoms with Crippen molar-refractivity contribution >= 4 is 22.8 Å². The van der Waals surface area contributed by atoms with E-state index in [4.69, 9.17) is 9.15 Å². The van der Waals surface area contributed by atoms with Crippen molar-refractivity contribution in [3.8, 4) is 0 Å². The van der Waals surface area contributed by atoms with E-state index in [-0.39, 0.29) is 24.7 Å². The molecule has 1 N–H and O–H groups in total. The Bertz CT molecular complexity index is 618. The van der Waals surface area contributed by atoms with Crippen LogP contribution in [0.4, 0.5) is 0 Å². The van der Waals surface area contributed by atoms with Gasteiger partial charge in [0.05, 0.1) is 19.3 Å². The highest BCUT2D eigenvalue weighted by atomic mass is 16.5. The van der Waals surface area contributed by atoms with E-state index in [0.717, 1.165) is 16.5 Å². The average Bonchev–Trinajstić information content (AvgIpc) is 2.89. The molecule has 0 fully saturated rings. The van der Waals surface area contributed by atoms with Gasteiger partial charge < -0.3 is 14.5 Å². The molecule has 0 spiro atoms. The third kappa shape index (κ3) is 4.34. The lowest BCUT2D eigenvalue weighted by Gasteiger charge is -2.04. The van der Waals surface area contributed by atoms with Crippen LogP contribution >= 0.6 is 0 Å². The first-order chi connectivity index (χ1) is 10.2. The summed E-state index contributed by atoms with van der Waals surface area (Å²) in [6.07, 6.45) is 2.69. The van der Waals surface area contributed by atoms with Crippen molar-refractivity contribution in [1.82, 2.24) is 5.32 Å². The van der Waals surface area contributed by atoms with Gasteiger partial charge in [0.15, 0.2) is 0 Å². The first-order valence-corrected chi connectivity index (χ1v) is 7.08. The predicted molar refractivity (Wildman–Crippen MR) is 78.8 cm³/mol. The van der Waals surface area contributed by atoms with Gasteiger partial charge in [0, 0.05) is 18.4 Å². The molecule has 1 heterocycles. The quantitative estimate of drug-likeness (QED) is 0.795. The van der Waals surface area contributed by atoms with Crippen molar-refractivity contribution in [2.45, 2.75) is 26.2 Å². The molecule has 0 atom stereocenters. The van der Waals surface area contributed by atoms with Crippen LogP contribution in [0.15, 0.2) is 34.9 Å². The van der Waals surface area contributed by atoms with E-state index in [0.29, 0.717) is 19.6 Å². The summed E-state index contributed by atoms with van der Waals surface area (Å²) >= 11 is 0. The third-order valence-electron chi connectivity index (χ3n) is 3.14. The van der Waals surface area contributed by atoms with E-state index in [2.05, 4.69) is 5.32 Å². The molecule has 1 amide bonds. The molecule has 0 aliphatic carbocycles. The number of rotatable bonds is 7. The van der Waals surface area contributed by atoms with Gasteiger partial charge in [-0.25, -0.2) is 0 Å². The second-order valence-corrected chi connectivity index (χ2v) is 4.66. The van der Waals surface area contributed by atoms with Gasteiger partial charge in [-0.15, -0.1) is 0 Å². The van der Waals surface area contributed by atoms with Gasteiger partial charge >= 0.3 is 5.97 Å². The number of para-hydroxylation sites is 1. The summed E-state index contributed by atoms with van der Waals surface area (Å²) in [7, 11) is 0. The molecule has 2 rings (SSSR count). The number of amides is 1. The van der Waals surface area contributed by atoms with E-state index in [9.17, 15) is 9.59 Å². The Hall–Kier alpha value is -2.30. The molecule has 0 unspecified atom stereocenters. The van der Waals surface area contributed by atoms with Crippen LogP contribution in [0.5, 0.6) is 0 Å². The number of ether oxygens (including phenoxy) is 1. The number of fused-ring (bicyclic) bond motifs is 1. The Labute approximate surface area is 123 Å². The number of hydrogen-bond acceptors (Lipinski definition) is 4. The molecule has 0 bridgehead atoms. The van der Waals surface area contributed by atoms with Crippen LogP contribution in [-0.2, 0) is 20.7 Å². The van der Waals surface area contributed by atoms with Crippen molar-refractivity contribution in [2.24, 2.45) is 0 Å². The zero-order valence-corrected chi connectivity index (χ0v) is 12.1. The highest BCUT2D eigenvalue weighted by Crippen LogP contribution is 2.20. The summed E-state index contributed by atoms with van der Waals surface area (Å²) in [5, 5.41) is 3.86. The third-order valence-corrected chi connectivity index (χ3v) is 3.14. The average molecular weight is 289 g/mol. The van der Waals surface area contributed by atoms with Gasteiger partial charge in [-0.1, -0.05) is 18.2 Å². The summed E-state index contributed by atoms with van der Waals surface area (Å²) in [4.78, 5) is 22.7. The molecule has 0 radical (unpaired) electrons. The minimum Gasteiger partial charge on any atom is -0.466 e. The van der Waals surface area contributed by atoms with Crippen molar-refractivity contribution < 1.29 is 18.7 Å². The van der Waals surface area contributed by atoms with E-state index >= 15 is 0 Å². The molecule has 21 heavy (non-hydrogen) atoms. The van der Waals surface area contributed by atoms with E-state index in [1.54, 1.807) is 13.2 Å². The standard InChI is InChI=1S/C16H19NO4/c1-2-20-16(19)8-7-15(18)17-10-9-12-11-21-14-6-4-3-5-13(12)14/h3-6,11H,2,7-10H2,1H3,(H,17,18). The summed E-state index contributed by atoms with van der Waals surface area (Å²) in [6, 6.07) is 7.79. The van der Waals surface area contributed by atoms with Crippen LogP contribution in [0.1, 0.15) is 25.3 Å². The molecule has 5 heteroatoms. The molecule has 2 aromatic rings. The minimum absolute atomic E-state index is 0.119. The molecular weight excluding hydrogens is 270 g/mol. The predicted octanol–water partition coefficient (Wildman–Crippen LogP) is 2.43. The number of hydrogen-bond donors (Lipinski definition) is 1. The van der Waals surface area contributed by atoms with Crippen molar-refractivity contribution in [2.75, 3.05) is 13.2 Å². The largest absolute Gasteiger partial charge is 0.466 e. The monoisotopic (exact) mass is 289 g/mol. The minimum atomic E-state index is -0.339. The lowest BCUT2D eigenvalue weighted by Crippen LogP contribution is -2.26. The smallest absolute Gasteiger partial charge is 0.306 e. The highest BCUT2D eigenvalue weighted by Gasteiger charge is 2.08. The Balaban J connectivity index is 1.74. The number of benzene rings is 1. The zero-order valence-electron chi connectivity index (χ0n) is 12.1. The van der Waals surface area contributed by atoms with Crippen molar-refractivity contribution in [3.63, 3.8) is 0 Å². The molecular formula is C16H19NO4. The van der Waals surface area contributed by atoms with Crippen molar-refractivity contribution in [3.05, 3.63) is 36.1 Å². The van der Waals surface area contributed by atoms with Gasteiger partial charge in [0.1, 0.15) is 5.58 Å². The van der Waals surface area contributed by atoms with Crippen molar-refractivity contribution in [1.29, 1.82) is 0 Å². The van der Waals surface area contributed by atoms with Crippen LogP contribution in [0.2, 0.25) is 0 Å². The van der Waals surface area contributed by atoms with Gasteiger partial charge in [0.25, 0.3) is 0 Å². The Morgan fingerprint density at radius 3 is 2.86 bits per heavy atom. The maximum Gasteiger partial charge on any atom is 0.306 e. The maximum atomic E-state index is 11.6. The first-order valence-electron chi connectivity index (χ1n) is 7.08. The van der Waals surface area contributed by atoms with Crippen LogP contribution in [0.3, 0.4) is 0 Å². The second kappa shape index (κ2) is 7.47. The molecule has 1 aromatic heterocycles. The Kier molecular flexibility index (Phi) is 5.37. The van der Waals surface area contributed by atoms with E-state index in [1.165, 1.54) is 0 Å². The van der Waals surface area contributed by atoms with Gasteiger partial charge in [0.2, 0.25) is 5.91 Å². The van der Waals surface area contributed by atoms with Crippen LogP contribution < -0.4 is 5.32 Å². The molecule has 0 aliphatic heterocycles.